The van der Waals surface area contributed by atoms with Crippen molar-refractivity contribution >= 4 is 28.8 Å². The van der Waals surface area contributed by atoms with Gasteiger partial charge in [0.1, 0.15) is 11.6 Å². The van der Waals surface area contributed by atoms with Crippen LogP contribution >= 0.6 is 0 Å². The van der Waals surface area contributed by atoms with E-state index in [4.69, 9.17) is 0 Å². The van der Waals surface area contributed by atoms with Gasteiger partial charge in [-0.2, -0.15) is 0 Å². The fraction of sp³-hybridized carbons (Fsp3) is 0.0800. The lowest BCUT2D eigenvalue weighted by atomic mass is 10.1. The second kappa shape index (κ2) is 9.27. The van der Waals surface area contributed by atoms with Crippen LogP contribution in [0, 0.1) is 24.0 Å². The Kier molecular flexibility index (Phi) is 6.08. The predicted molar refractivity (Wildman–Crippen MR) is 128 cm³/mol. The van der Waals surface area contributed by atoms with E-state index in [1.165, 1.54) is 18.2 Å². The first kappa shape index (κ1) is 21.6. The molecule has 4 aromatic rings. The summed E-state index contributed by atoms with van der Waals surface area (Å²) < 4.78 is 0. The molecule has 33 heavy (non-hydrogen) atoms. The Hall–Kier alpha value is -4.59. The number of hydrogen-bond acceptors (Lipinski definition) is 6. The van der Waals surface area contributed by atoms with Gasteiger partial charge in [0.05, 0.1) is 10.6 Å². The van der Waals surface area contributed by atoms with Gasteiger partial charge in [-0.05, 0) is 44.2 Å². The molecule has 1 aromatic heterocycles. The minimum atomic E-state index is -0.468. The third-order valence-electron chi connectivity index (χ3n) is 4.96. The highest BCUT2D eigenvalue weighted by molar-refractivity contribution is 6.04. The van der Waals surface area contributed by atoms with Crippen molar-refractivity contribution in [2.45, 2.75) is 13.8 Å². The molecule has 0 aliphatic heterocycles. The summed E-state index contributed by atoms with van der Waals surface area (Å²) in [5.74, 6) is 0.919. The highest BCUT2D eigenvalue weighted by Crippen LogP contribution is 2.24. The monoisotopic (exact) mass is 439 g/mol. The number of nitrogens with zero attached hydrogens (tertiary/aromatic N) is 3. The Balaban J connectivity index is 1.52. The minimum Gasteiger partial charge on any atom is -0.340 e. The molecule has 0 aliphatic carbocycles. The van der Waals surface area contributed by atoms with Gasteiger partial charge in [-0.3, -0.25) is 14.9 Å². The number of benzene rings is 3. The highest BCUT2D eigenvalue weighted by atomic mass is 16.6. The number of carbonyl (C=O) groups is 1. The first-order valence-electron chi connectivity index (χ1n) is 10.2. The number of nitrogens with one attached hydrogen (secondary N) is 2. The summed E-state index contributed by atoms with van der Waals surface area (Å²) in [6.45, 7) is 3.44. The number of amides is 1. The summed E-state index contributed by atoms with van der Waals surface area (Å²) in [5.41, 5.74) is 3.87. The Bertz CT molecular complexity index is 1340. The van der Waals surface area contributed by atoms with E-state index in [0.717, 1.165) is 16.9 Å². The molecule has 0 unspecified atom stereocenters. The molecular weight excluding hydrogens is 418 g/mol. The van der Waals surface area contributed by atoms with Gasteiger partial charge in [-0.1, -0.05) is 36.4 Å². The maximum Gasteiger partial charge on any atom is 0.272 e. The lowest BCUT2D eigenvalue weighted by molar-refractivity contribution is -0.385. The van der Waals surface area contributed by atoms with Gasteiger partial charge in [0, 0.05) is 40.2 Å². The summed E-state index contributed by atoms with van der Waals surface area (Å²) in [6.07, 6.45) is 0. The third-order valence-corrected chi connectivity index (χ3v) is 4.96. The standard InChI is InChI=1S/C25H21N5O3/c1-16-13-19(11-12-23(16)30(32)33)25(31)29-21-10-6-9-20(14-21)28-24-15-22(26-17(2)27-24)18-7-4-3-5-8-18/h3-15H,1-2H3,(H,29,31)(H,26,27,28). The molecule has 1 heterocycles. The van der Waals surface area contributed by atoms with Crippen LogP contribution < -0.4 is 10.6 Å². The van der Waals surface area contributed by atoms with Gasteiger partial charge in [0.15, 0.2) is 0 Å². The Labute approximate surface area is 190 Å². The summed E-state index contributed by atoms with van der Waals surface area (Å²) in [4.78, 5) is 32.1. The van der Waals surface area contributed by atoms with Crippen molar-refractivity contribution in [1.29, 1.82) is 0 Å². The number of aryl methyl sites for hydroxylation is 2. The second-order valence-electron chi connectivity index (χ2n) is 7.47. The number of rotatable bonds is 6. The van der Waals surface area contributed by atoms with Crippen LogP contribution in [0.5, 0.6) is 0 Å². The molecule has 0 atom stereocenters. The summed E-state index contributed by atoms with van der Waals surface area (Å²) >= 11 is 0. The van der Waals surface area contributed by atoms with E-state index in [0.29, 0.717) is 28.5 Å². The van der Waals surface area contributed by atoms with Crippen LogP contribution in [0.15, 0.2) is 78.9 Å². The van der Waals surface area contributed by atoms with Crippen molar-refractivity contribution in [3.63, 3.8) is 0 Å². The van der Waals surface area contributed by atoms with Crippen LogP contribution in [-0.2, 0) is 0 Å². The summed E-state index contributed by atoms with van der Waals surface area (Å²) in [7, 11) is 0. The lowest BCUT2D eigenvalue weighted by Gasteiger charge is -2.11. The quantitative estimate of drug-likeness (QED) is 0.296. The summed E-state index contributed by atoms with van der Waals surface area (Å²) in [5, 5.41) is 17.1. The lowest BCUT2D eigenvalue weighted by Crippen LogP contribution is -2.12. The van der Waals surface area contributed by atoms with Gasteiger partial charge in [-0.15, -0.1) is 0 Å². The van der Waals surface area contributed by atoms with E-state index in [9.17, 15) is 14.9 Å². The smallest absolute Gasteiger partial charge is 0.272 e. The number of hydrogen-bond donors (Lipinski definition) is 2. The molecule has 8 nitrogen and oxygen atoms in total. The zero-order valence-electron chi connectivity index (χ0n) is 18.1. The third kappa shape index (κ3) is 5.19. The van der Waals surface area contributed by atoms with E-state index in [1.807, 2.05) is 55.5 Å². The zero-order valence-corrected chi connectivity index (χ0v) is 18.1. The van der Waals surface area contributed by atoms with Crippen LogP contribution in [0.4, 0.5) is 22.9 Å². The first-order valence-corrected chi connectivity index (χ1v) is 10.2. The zero-order chi connectivity index (χ0) is 23.4. The number of nitro groups is 1. The minimum absolute atomic E-state index is 0.0206. The van der Waals surface area contributed by atoms with Crippen molar-refractivity contribution < 1.29 is 9.72 Å². The second-order valence-corrected chi connectivity index (χ2v) is 7.47. The fourth-order valence-electron chi connectivity index (χ4n) is 3.42. The number of aromatic nitrogens is 2. The van der Waals surface area contributed by atoms with Crippen LogP contribution in [0.3, 0.4) is 0 Å². The van der Waals surface area contributed by atoms with Gasteiger partial charge < -0.3 is 10.6 Å². The van der Waals surface area contributed by atoms with Crippen molar-refractivity contribution in [1.82, 2.24) is 9.97 Å². The van der Waals surface area contributed by atoms with Crippen molar-refractivity contribution in [3.05, 3.63) is 106 Å². The molecule has 8 heteroatoms. The van der Waals surface area contributed by atoms with E-state index < -0.39 is 4.92 Å². The van der Waals surface area contributed by atoms with Crippen molar-refractivity contribution in [2.75, 3.05) is 10.6 Å². The van der Waals surface area contributed by atoms with Gasteiger partial charge >= 0.3 is 0 Å². The van der Waals surface area contributed by atoms with Crippen molar-refractivity contribution in [2.24, 2.45) is 0 Å². The molecule has 1 amide bonds. The summed E-state index contributed by atoms with van der Waals surface area (Å²) in [6, 6.07) is 23.2. The molecule has 0 spiro atoms. The molecule has 3 aromatic carbocycles. The van der Waals surface area contributed by atoms with Gasteiger partial charge in [0.25, 0.3) is 11.6 Å². The van der Waals surface area contributed by atoms with Crippen LogP contribution in [0.25, 0.3) is 11.3 Å². The topological polar surface area (TPSA) is 110 Å². The van der Waals surface area contributed by atoms with E-state index in [2.05, 4.69) is 20.6 Å². The normalized spacial score (nSPS) is 10.5. The Morgan fingerprint density at radius 3 is 2.36 bits per heavy atom. The van der Waals surface area contributed by atoms with Crippen LogP contribution in [0.1, 0.15) is 21.7 Å². The van der Waals surface area contributed by atoms with Gasteiger partial charge in [0.2, 0.25) is 0 Å². The maximum atomic E-state index is 12.6. The number of nitro benzene ring substituents is 1. The molecule has 2 N–H and O–H groups in total. The van der Waals surface area contributed by atoms with E-state index in [-0.39, 0.29) is 11.6 Å². The molecule has 0 saturated heterocycles. The van der Waals surface area contributed by atoms with Crippen LogP contribution in [0.2, 0.25) is 0 Å². The van der Waals surface area contributed by atoms with Crippen molar-refractivity contribution in [3.8, 4) is 11.3 Å². The molecule has 0 radical (unpaired) electrons. The number of anilines is 3. The first-order chi connectivity index (χ1) is 15.9. The highest BCUT2D eigenvalue weighted by Gasteiger charge is 2.14. The fourth-order valence-corrected chi connectivity index (χ4v) is 3.42. The molecule has 164 valence electrons. The van der Waals surface area contributed by atoms with Crippen LogP contribution in [-0.4, -0.2) is 20.8 Å². The molecule has 0 saturated carbocycles. The molecular formula is C25H21N5O3. The van der Waals surface area contributed by atoms with Gasteiger partial charge in [-0.25, -0.2) is 9.97 Å². The van der Waals surface area contributed by atoms with E-state index in [1.54, 1.807) is 19.1 Å². The van der Waals surface area contributed by atoms with E-state index >= 15 is 0 Å². The largest absolute Gasteiger partial charge is 0.340 e. The molecule has 0 fully saturated rings. The molecule has 4 rings (SSSR count). The molecule has 0 aliphatic rings. The average molecular weight is 439 g/mol. The SMILES string of the molecule is Cc1nc(Nc2cccc(NC(=O)c3ccc([N+](=O)[O-])c(C)c3)c2)cc(-c2ccccc2)n1. The molecule has 0 bridgehead atoms. The maximum absolute atomic E-state index is 12.6. The average Bonchev–Trinajstić information content (AvgIpc) is 2.79. The number of carbonyl (C=O) groups excluding carboxylic acids is 1. The Morgan fingerprint density at radius 2 is 1.64 bits per heavy atom. The predicted octanol–water partition coefficient (Wildman–Crippen LogP) is 5.66. The Morgan fingerprint density at radius 1 is 0.879 bits per heavy atom.